The number of hydrogen-bond donors (Lipinski definition) is 1. The Balaban J connectivity index is 1.76. The average Bonchev–Trinajstić information content (AvgIpc) is 3.18. The van der Waals surface area contributed by atoms with Crippen molar-refractivity contribution in [2.75, 3.05) is 13.1 Å². The van der Waals surface area contributed by atoms with Crippen LogP contribution in [0.1, 0.15) is 23.8 Å². The van der Waals surface area contributed by atoms with Gasteiger partial charge in [0.1, 0.15) is 0 Å². The normalized spacial score (nSPS) is 21.7. The number of nitrogens with zero attached hydrogens (tertiary/aromatic N) is 2. The third-order valence-corrected chi connectivity index (χ3v) is 3.77. The number of amides is 1. The quantitative estimate of drug-likeness (QED) is 0.926. The fourth-order valence-corrected chi connectivity index (χ4v) is 2.38. The minimum Gasteiger partial charge on any atom is -0.481 e. The molecule has 0 spiro atoms. The van der Waals surface area contributed by atoms with Gasteiger partial charge in [0.05, 0.1) is 11.7 Å². The van der Waals surface area contributed by atoms with E-state index < -0.39 is 11.4 Å². The monoisotopic (exact) mass is 290 g/mol. The molecule has 2 aromatic rings. The van der Waals surface area contributed by atoms with Gasteiger partial charge in [0, 0.05) is 19.2 Å². The number of aliphatic carboxylic acids is 1. The Hall–Kier alpha value is -2.57. The molecule has 0 saturated carbocycles. The highest BCUT2D eigenvalue weighted by Gasteiger charge is 2.42. The summed E-state index contributed by atoms with van der Waals surface area (Å²) >= 11 is 0. The summed E-state index contributed by atoms with van der Waals surface area (Å²) in [7, 11) is 0. The SMILES string of the molecule is CC1(C(=O)O)CCN(C(=O)c2cc(-c3ccco3)on2)C1. The molecule has 0 radical (unpaired) electrons. The summed E-state index contributed by atoms with van der Waals surface area (Å²) in [6, 6.07) is 4.90. The first kappa shape index (κ1) is 13.4. The Kier molecular flexibility index (Phi) is 3.04. The van der Waals surface area contributed by atoms with Crippen LogP contribution in [0.25, 0.3) is 11.5 Å². The fourth-order valence-electron chi connectivity index (χ4n) is 2.38. The van der Waals surface area contributed by atoms with Crippen molar-refractivity contribution in [2.24, 2.45) is 5.41 Å². The lowest BCUT2D eigenvalue weighted by molar-refractivity contribution is -0.147. The Bertz CT molecular complexity index is 675. The standard InChI is InChI=1S/C14H14N2O5/c1-14(13(18)19)4-5-16(8-14)12(17)9-7-11(21-15-9)10-3-2-6-20-10/h2-3,6-7H,4-5,8H2,1H3,(H,18,19). The number of aromatic nitrogens is 1. The second-order valence-corrected chi connectivity index (χ2v) is 5.40. The first-order valence-electron chi connectivity index (χ1n) is 6.53. The van der Waals surface area contributed by atoms with Gasteiger partial charge in [-0.1, -0.05) is 5.16 Å². The summed E-state index contributed by atoms with van der Waals surface area (Å²) in [6.45, 7) is 2.20. The number of carbonyl (C=O) groups excluding carboxylic acids is 1. The zero-order chi connectivity index (χ0) is 15.0. The molecule has 1 N–H and O–H groups in total. The van der Waals surface area contributed by atoms with Crippen molar-refractivity contribution in [1.82, 2.24) is 10.1 Å². The van der Waals surface area contributed by atoms with Crippen LogP contribution in [0.5, 0.6) is 0 Å². The van der Waals surface area contributed by atoms with Gasteiger partial charge in [0.25, 0.3) is 5.91 Å². The number of furan rings is 1. The molecule has 0 aliphatic carbocycles. The number of hydrogen-bond acceptors (Lipinski definition) is 5. The maximum absolute atomic E-state index is 12.3. The van der Waals surface area contributed by atoms with Crippen molar-refractivity contribution in [3.05, 3.63) is 30.2 Å². The van der Waals surface area contributed by atoms with Crippen LogP contribution in [0.4, 0.5) is 0 Å². The van der Waals surface area contributed by atoms with E-state index in [0.717, 1.165) is 0 Å². The minimum absolute atomic E-state index is 0.149. The number of carboxylic acids is 1. The molecular weight excluding hydrogens is 276 g/mol. The summed E-state index contributed by atoms with van der Waals surface area (Å²) in [4.78, 5) is 25.0. The molecule has 110 valence electrons. The largest absolute Gasteiger partial charge is 0.481 e. The van der Waals surface area contributed by atoms with E-state index in [9.17, 15) is 14.7 Å². The number of rotatable bonds is 3. The maximum atomic E-state index is 12.3. The van der Waals surface area contributed by atoms with E-state index in [1.165, 1.54) is 17.2 Å². The van der Waals surface area contributed by atoms with E-state index in [1.807, 2.05) is 0 Å². The van der Waals surface area contributed by atoms with Crippen LogP contribution in [0, 0.1) is 5.41 Å². The molecule has 1 unspecified atom stereocenters. The predicted octanol–water partition coefficient (Wildman–Crippen LogP) is 1.87. The molecule has 3 heterocycles. The highest BCUT2D eigenvalue weighted by atomic mass is 16.5. The van der Waals surface area contributed by atoms with Gasteiger partial charge in [-0.3, -0.25) is 9.59 Å². The van der Waals surface area contributed by atoms with Gasteiger partial charge in [-0.05, 0) is 25.5 Å². The van der Waals surface area contributed by atoms with Crippen molar-refractivity contribution in [2.45, 2.75) is 13.3 Å². The van der Waals surface area contributed by atoms with Gasteiger partial charge in [-0.15, -0.1) is 0 Å². The van der Waals surface area contributed by atoms with Gasteiger partial charge < -0.3 is 18.9 Å². The first-order chi connectivity index (χ1) is 9.99. The molecule has 1 saturated heterocycles. The molecule has 1 aliphatic rings. The molecule has 21 heavy (non-hydrogen) atoms. The number of carbonyl (C=O) groups is 2. The van der Waals surface area contributed by atoms with E-state index >= 15 is 0 Å². The molecular formula is C14H14N2O5. The zero-order valence-electron chi connectivity index (χ0n) is 11.4. The van der Waals surface area contributed by atoms with Crippen LogP contribution in [0.2, 0.25) is 0 Å². The van der Waals surface area contributed by atoms with Crippen LogP contribution in [0.15, 0.2) is 33.4 Å². The molecule has 7 nitrogen and oxygen atoms in total. The molecule has 0 aromatic carbocycles. The maximum Gasteiger partial charge on any atom is 0.311 e. The van der Waals surface area contributed by atoms with Crippen LogP contribution in [-0.4, -0.2) is 40.1 Å². The van der Waals surface area contributed by atoms with E-state index in [1.54, 1.807) is 19.1 Å². The first-order valence-corrected chi connectivity index (χ1v) is 6.53. The van der Waals surface area contributed by atoms with Gasteiger partial charge in [-0.25, -0.2) is 0 Å². The van der Waals surface area contributed by atoms with Gasteiger partial charge >= 0.3 is 5.97 Å². The minimum atomic E-state index is -0.900. The van der Waals surface area contributed by atoms with Gasteiger partial charge in [0.2, 0.25) is 5.76 Å². The lowest BCUT2D eigenvalue weighted by Crippen LogP contribution is -2.35. The van der Waals surface area contributed by atoms with Crippen LogP contribution >= 0.6 is 0 Å². The Morgan fingerprint density at radius 1 is 1.43 bits per heavy atom. The third kappa shape index (κ3) is 2.31. The Labute approximate surface area is 120 Å². The Morgan fingerprint density at radius 2 is 2.24 bits per heavy atom. The molecule has 3 rings (SSSR count). The zero-order valence-corrected chi connectivity index (χ0v) is 11.4. The molecule has 2 aromatic heterocycles. The van der Waals surface area contributed by atoms with Gasteiger partial charge in [0.15, 0.2) is 11.5 Å². The molecule has 7 heteroatoms. The van der Waals surface area contributed by atoms with Crippen molar-refractivity contribution in [3.8, 4) is 11.5 Å². The van der Waals surface area contributed by atoms with Crippen molar-refractivity contribution >= 4 is 11.9 Å². The average molecular weight is 290 g/mol. The van der Waals surface area contributed by atoms with Crippen molar-refractivity contribution in [3.63, 3.8) is 0 Å². The summed E-state index contributed by atoms with van der Waals surface area (Å²) in [6.07, 6.45) is 1.93. The summed E-state index contributed by atoms with van der Waals surface area (Å²) in [5, 5.41) is 12.9. The molecule has 0 bridgehead atoms. The lowest BCUT2D eigenvalue weighted by Gasteiger charge is -2.19. The van der Waals surface area contributed by atoms with E-state index in [4.69, 9.17) is 8.94 Å². The van der Waals surface area contributed by atoms with E-state index in [-0.39, 0.29) is 18.1 Å². The summed E-state index contributed by atoms with van der Waals surface area (Å²) < 4.78 is 10.2. The molecule has 1 fully saturated rings. The van der Waals surface area contributed by atoms with Crippen molar-refractivity contribution in [1.29, 1.82) is 0 Å². The third-order valence-electron chi connectivity index (χ3n) is 3.77. The van der Waals surface area contributed by atoms with Crippen LogP contribution < -0.4 is 0 Å². The molecule has 1 amide bonds. The van der Waals surface area contributed by atoms with Crippen LogP contribution in [0.3, 0.4) is 0 Å². The van der Waals surface area contributed by atoms with E-state index in [0.29, 0.717) is 24.5 Å². The topological polar surface area (TPSA) is 96.8 Å². The summed E-state index contributed by atoms with van der Waals surface area (Å²) in [5.41, 5.74) is -0.750. The highest BCUT2D eigenvalue weighted by Crippen LogP contribution is 2.31. The number of carboxylic acid groups (broad SMARTS) is 1. The number of likely N-dealkylation sites (tertiary alicyclic amines) is 1. The highest BCUT2D eigenvalue weighted by molar-refractivity contribution is 5.93. The smallest absolute Gasteiger partial charge is 0.311 e. The second-order valence-electron chi connectivity index (χ2n) is 5.40. The predicted molar refractivity (Wildman–Crippen MR) is 70.5 cm³/mol. The van der Waals surface area contributed by atoms with E-state index in [2.05, 4.69) is 5.16 Å². The van der Waals surface area contributed by atoms with Crippen molar-refractivity contribution < 1.29 is 23.6 Å². The fraction of sp³-hybridized carbons (Fsp3) is 0.357. The Morgan fingerprint density at radius 3 is 2.86 bits per heavy atom. The molecule has 1 aliphatic heterocycles. The molecule has 1 atom stereocenters. The van der Waals surface area contributed by atoms with Crippen LogP contribution in [-0.2, 0) is 4.79 Å². The summed E-state index contributed by atoms with van der Waals surface area (Å²) in [5.74, 6) is -0.377. The second kappa shape index (κ2) is 4.76. The van der Waals surface area contributed by atoms with Gasteiger partial charge in [-0.2, -0.15) is 0 Å². The lowest BCUT2D eigenvalue weighted by atomic mass is 9.90.